The average Bonchev–Trinajstić information content (AvgIpc) is 2.43. The van der Waals surface area contributed by atoms with E-state index in [2.05, 4.69) is 17.2 Å². The highest BCUT2D eigenvalue weighted by atomic mass is 19.1. The van der Waals surface area contributed by atoms with Crippen molar-refractivity contribution < 1.29 is 9.13 Å². The van der Waals surface area contributed by atoms with Crippen molar-refractivity contribution in [3.05, 3.63) is 54.1 Å². The van der Waals surface area contributed by atoms with Crippen molar-refractivity contribution in [2.75, 3.05) is 6.54 Å². The Kier molecular flexibility index (Phi) is 4.86. The van der Waals surface area contributed by atoms with Gasteiger partial charge in [-0.15, -0.1) is 0 Å². The summed E-state index contributed by atoms with van der Waals surface area (Å²) >= 11 is 0. The molecule has 0 saturated carbocycles. The number of hydrogen-bond acceptors (Lipinski definition) is 3. The van der Waals surface area contributed by atoms with Crippen molar-refractivity contribution in [2.24, 2.45) is 0 Å². The molecule has 1 aromatic carbocycles. The van der Waals surface area contributed by atoms with Crippen molar-refractivity contribution in [3.63, 3.8) is 0 Å². The van der Waals surface area contributed by atoms with Crippen molar-refractivity contribution in [2.45, 2.75) is 19.9 Å². The van der Waals surface area contributed by atoms with Crippen LogP contribution in [0.5, 0.6) is 11.5 Å². The molecular formula is C15H17FN2O. The molecule has 100 valence electrons. The number of pyridine rings is 1. The Morgan fingerprint density at radius 2 is 2.21 bits per heavy atom. The molecule has 0 radical (unpaired) electrons. The van der Waals surface area contributed by atoms with Crippen molar-refractivity contribution in [1.29, 1.82) is 0 Å². The van der Waals surface area contributed by atoms with Crippen LogP contribution in [0.1, 0.15) is 18.9 Å². The molecule has 0 spiro atoms. The van der Waals surface area contributed by atoms with E-state index >= 15 is 0 Å². The molecule has 0 aliphatic rings. The first-order valence-corrected chi connectivity index (χ1v) is 6.36. The summed E-state index contributed by atoms with van der Waals surface area (Å²) in [5, 5.41) is 3.24. The number of aromatic nitrogens is 1. The zero-order chi connectivity index (χ0) is 13.5. The van der Waals surface area contributed by atoms with E-state index in [1.807, 2.05) is 6.07 Å². The second-order valence-electron chi connectivity index (χ2n) is 4.22. The van der Waals surface area contributed by atoms with E-state index in [9.17, 15) is 4.39 Å². The smallest absolute Gasteiger partial charge is 0.145 e. The fraction of sp³-hybridized carbons (Fsp3) is 0.267. The fourth-order valence-corrected chi connectivity index (χ4v) is 1.72. The van der Waals surface area contributed by atoms with E-state index in [0.29, 0.717) is 18.0 Å². The minimum atomic E-state index is -0.258. The Morgan fingerprint density at radius 3 is 2.95 bits per heavy atom. The van der Waals surface area contributed by atoms with Crippen LogP contribution < -0.4 is 10.1 Å². The molecule has 0 fully saturated rings. The van der Waals surface area contributed by atoms with Crippen LogP contribution in [-0.4, -0.2) is 11.5 Å². The maximum absolute atomic E-state index is 13.3. The number of benzene rings is 1. The van der Waals surface area contributed by atoms with Gasteiger partial charge in [-0.1, -0.05) is 6.92 Å². The molecule has 1 heterocycles. The molecule has 0 aliphatic heterocycles. The van der Waals surface area contributed by atoms with E-state index in [0.717, 1.165) is 18.5 Å². The zero-order valence-electron chi connectivity index (χ0n) is 10.9. The van der Waals surface area contributed by atoms with Crippen LogP contribution in [0.25, 0.3) is 0 Å². The molecule has 1 aromatic heterocycles. The monoisotopic (exact) mass is 260 g/mol. The normalized spacial score (nSPS) is 10.4. The summed E-state index contributed by atoms with van der Waals surface area (Å²) in [6.45, 7) is 3.57. The van der Waals surface area contributed by atoms with Crippen LogP contribution in [0, 0.1) is 5.82 Å². The van der Waals surface area contributed by atoms with Crippen LogP contribution in [0.4, 0.5) is 4.39 Å². The molecular weight excluding hydrogens is 243 g/mol. The lowest BCUT2D eigenvalue weighted by atomic mass is 10.2. The second-order valence-corrected chi connectivity index (χ2v) is 4.22. The summed E-state index contributed by atoms with van der Waals surface area (Å²) < 4.78 is 19.0. The third kappa shape index (κ3) is 4.03. The van der Waals surface area contributed by atoms with Crippen LogP contribution >= 0.6 is 0 Å². The van der Waals surface area contributed by atoms with Gasteiger partial charge in [-0.25, -0.2) is 4.39 Å². The van der Waals surface area contributed by atoms with Gasteiger partial charge in [0.2, 0.25) is 0 Å². The van der Waals surface area contributed by atoms with Crippen molar-refractivity contribution >= 4 is 0 Å². The number of ether oxygens (including phenoxy) is 1. The quantitative estimate of drug-likeness (QED) is 0.807. The van der Waals surface area contributed by atoms with Crippen LogP contribution in [0.15, 0.2) is 42.7 Å². The lowest BCUT2D eigenvalue weighted by molar-refractivity contribution is 0.467. The van der Waals surface area contributed by atoms with E-state index in [1.165, 1.54) is 12.1 Å². The molecule has 2 aromatic rings. The summed E-state index contributed by atoms with van der Waals surface area (Å²) in [4.78, 5) is 3.99. The Morgan fingerprint density at radius 1 is 1.32 bits per heavy atom. The summed E-state index contributed by atoms with van der Waals surface area (Å²) in [6, 6.07) is 8.15. The first-order chi connectivity index (χ1) is 9.29. The summed E-state index contributed by atoms with van der Waals surface area (Å²) in [5.74, 6) is 1.04. The first-order valence-electron chi connectivity index (χ1n) is 6.36. The Labute approximate surface area is 112 Å². The van der Waals surface area contributed by atoms with Crippen molar-refractivity contribution in [3.8, 4) is 11.5 Å². The van der Waals surface area contributed by atoms with E-state index in [4.69, 9.17) is 4.74 Å². The average molecular weight is 260 g/mol. The standard InChI is InChI=1S/C15H17FN2O/c1-2-7-17-10-12-9-13(16)5-6-15(12)19-14-4-3-8-18-11-14/h3-6,8-9,11,17H,2,7,10H2,1H3. The maximum Gasteiger partial charge on any atom is 0.145 e. The topological polar surface area (TPSA) is 34.1 Å². The van der Waals surface area contributed by atoms with Gasteiger partial charge in [0, 0.05) is 18.3 Å². The summed E-state index contributed by atoms with van der Waals surface area (Å²) in [7, 11) is 0. The Balaban J connectivity index is 2.14. The molecule has 1 N–H and O–H groups in total. The largest absolute Gasteiger partial charge is 0.455 e. The molecule has 3 nitrogen and oxygen atoms in total. The molecule has 0 amide bonds. The number of hydrogen-bond donors (Lipinski definition) is 1. The molecule has 0 bridgehead atoms. The molecule has 2 rings (SSSR count). The third-order valence-corrected chi connectivity index (χ3v) is 2.63. The number of nitrogens with zero attached hydrogens (tertiary/aromatic N) is 1. The van der Waals surface area contributed by atoms with E-state index in [1.54, 1.807) is 24.5 Å². The molecule has 0 unspecified atom stereocenters. The highest BCUT2D eigenvalue weighted by Gasteiger charge is 2.06. The van der Waals surface area contributed by atoms with Gasteiger partial charge in [0.15, 0.2) is 0 Å². The van der Waals surface area contributed by atoms with Gasteiger partial charge < -0.3 is 10.1 Å². The summed E-state index contributed by atoms with van der Waals surface area (Å²) in [5.41, 5.74) is 0.803. The highest BCUT2D eigenvalue weighted by Crippen LogP contribution is 2.25. The van der Waals surface area contributed by atoms with Crippen LogP contribution in [-0.2, 0) is 6.54 Å². The number of halogens is 1. The lowest BCUT2D eigenvalue weighted by Gasteiger charge is -2.11. The minimum Gasteiger partial charge on any atom is -0.455 e. The van der Waals surface area contributed by atoms with Gasteiger partial charge in [-0.3, -0.25) is 4.98 Å². The SMILES string of the molecule is CCCNCc1cc(F)ccc1Oc1cccnc1. The van der Waals surface area contributed by atoms with E-state index < -0.39 is 0 Å². The van der Waals surface area contributed by atoms with E-state index in [-0.39, 0.29) is 5.82 Å². The van der Waals surface area contributed by atoms with Crippen molar-refractivity contribution in [1.82, 2.24) is 10.3 Å². The number of rotatable bonds is 6. The first kappa shape index (κ1) is 13.5. The molecule has 4 heteroatoms. The predicted molar refractivity (Wildman–Crippen MR) is 72.7 cm³/mol. The maximum atomic E-state index is 13.3. The molecule has 0 saturated heterocycles. The second kappa shape index (κ2) is 6.85. The highest BCUT2D eigenvalue weighted by molar-refractivity contribution is 5.37. The van der Waals surface area contributed by atoms with Gasteiger partial charge in [-0.2, -0.15) is 0 Å². The van der Waals surface area contributed by atoms with Gasteiger partial charge in [0.05, 0.1) is 6.20 Å². The lowest BCUT2D eigenvalue weighted by Crippen LogP contribution is -2.14. The van der Waals surface area contributed by atoms with Gasteiger partial charge in [0.1, 0.15) is 17.3 Å². The fourth-order valence-electron chi connectivity index (χ4n) is 1.72. The van der Waals surface area contributed by atoms with Gasteiger partial charge in [0.25, 0.3) is 0 Å². The summed E-state index contributed by atoms with van der Waals surface area (Å²) in [6.07, 6.45) is 4.35. The third-order valence-electron chi connectivity index (χ3n) is 2.63. The Bertz CT molecular complexity index is 517. The minimum absolute atomic E-state index is 0.258. The molecule has 0 aliphatic carbocycles. The predicted octanol–water partition coefficient (Wildman–Crippen LogP) is 3.51. The zero-order valence-corrected chi connectivity index (χ0v) is 10.9. The van der Waals surface area contributed by atoms with Crippen LogP contribution in [0.2, 0.25) is 0 Å². The Hall–Kier alpha value is -1.94. The van der Waals surface area contributed by atoms with Crippen LogP contribution in [0.3, 0.4) is 0 Å². The molecule has 0 atom stereocenters. The molecule has 19 heavy (non-hydrogen) atoms. The van der Waals surface area contributed by atoms with Gasteiger partial charge in [-0.05, 0) is 43.3 Å². The van der Waals surface area contributed by atoms with Gasteiger partial charge >= 0.3 is 0 Å². The number of nitrogens with one attached hydrogen (secondary N) is 1.